The summed E-state index contributed by atoms with van der Waals surface area (Å²) in [5, 5.41) is 3.53. The minimum Gasteiger partial charge on any atom is -0.317 e. The van der Waals surface area contributed by atoms with Gasteiger partial charge < -0.3 is 5.32 Å². The predicted octanol–water partition coefficient (Wildman–Crippen LogP) is 2.08. The van der Waals surface area contributed by atoms with E-state index in [2.05, 4.69) is 29.1 Å². The predicted molar refractivity (Wildman–Crippen MR) is 80.5 cm³/mol. The van der Waals surface area contributed by atoms with E-state index in [0.29, 0.717) is 0 Å². The Bertz CT molecular complexity index is 280. The molecule has 0 radical (unpaired) electrons. The van der Waals surface area contributed by atoms with E-state index < -0.39 is 0 Å². The van der Waals surface area contributed by atoms with Crippen molar-refractivity contribution in [3.63, 3.8) is 0 Å². The standard InChI is InChI=1S/C16H31N3/c1-3-18-9-5-8-16(18)12-19-14-6-4-7-15(19)11-13(10-14)17-2/h13-17H,3-12H2,1-2H3. The van der Waals surface area contributed by atoms with Gasteiger partial charge in [-0.2, -0.15) is 0 Å². The van der Waals surface area contributed by atoms with Crippen LogP contribution in [0.15, 0.2) is 0 Å². The van der Waals surface area contributed by atoms with Crippen molar-refractivity contribution in [3.8, 4) is 0 Å². The van der Waals surface area contributed by atoms with Gasteiger partial charge in [-0.3, -0.25) is 9.80 Å². The molecule has 0 aromatic rings. The van der Waals surface area contributed by atoms with Gasteiger partial charge >= 0.3 is 0 Å². The van der Waals surface area contributed by atoms with Gasteiger partial charge in [-0.25, -0.2) is 0 Å². The summed E-state index contributed by atoms with van der Waals surface area (Å²) in [5.41, 5.74) is 0. The molecular weight excluding hydrogens is 234 g/mol. The van der Waals surface area contributed by atoms with Gasteiger partial charge in [-0.15, -0.1) is 0 Å². The third-order valence-electron chi connectivity index (χ3n) is 5.86. The number of hydrogen-bond donors (Lipinski definition) is 1. The maximum Gasteiger partial charge on any atom is 0.0223 e. The number of piperidine rings is 2. The molecule has 0 aromatic carbocycles. The van der Waals surface area contributed by atoms with Crippen LogP contribution in [-0.4, -0.2) is 60.6 Å². The Morgan fingerprint density at radius 1 is 1.05 bits per heavy atom. The van der Waals surface area contributed by atoms with E-state index in [9.17, 15) is 0 Å². The minimum atomic E-state index is 0.775. The van der Waals surface area contributed by atoms with Gasteiger partial charge in [-0.05, 0) is 58.7 Å². The van der Waals surface area contributed by atoms with Crippen LogP contribution in [-0.2, 0) is 0 Å². The molecule has 0 spiro atoms. The van der Waals surface area contributed by atoms with Gasteiger partial charge in [0.2, 0.25) is 0 Å². The Labute approximate surface area is 118 Å². The highest BCUT2D eigenvalue weighted by molar-refractivity contribution is 4.96. The highest BCUT2D eigenvalue weighted by Gasteiger charge is 2.39. The lowest BCUT2D eigenvalue weighted by molar-refractivity contribution is 0.00848. The average Bonchev–Trinajstić information content (AvgIpc) is 2.85. The molecular formula is C16H31N3. The summed E-state index contributed by atoms with van der Waals surface area (Å²) in [7, 11) is 2.14. The zero-order valence-corrected chi connectivity index (χ0v) is 12.8. The fourth-order valence-corrected chi connectivity index (χ4v) is 4.77. The second-order valence-electron chi connectivity index (χ2n) is 6.82. The number of fused-ring (bicyclic) bond motifs is 2. The molecule has 3 saturated heterocycles. The van der Waals surface area contributed by atoms with Crippen LogP contribution in [0.4, 0.5) is 0 Å². The second kappa shape index (κ2) is 6.11. The SMILES string of the molecule is CCN1CCCC1CN1C2CCCC1CC(NC)C2. The third-order valence-corrected chi connectivity index (χ3v) is 5.86. The number of likely N-dealkylation sites (N-methyl/N-ethyl adjacent to an activating group) is 1. The van der Waals surface area contributed by atoms with E-state index in [-0.39, 0.29) is 0 Å². The summed E-state index contributed by atoms with van der Waals surface area (Å²) in [6.07, 6.45) is 9.95. The summed E-state index contributed by atoms with van der Waals surface area (Å²) in [4.78, 5) is 5.61. The van der Waals surface area contributed by atoms with E-state index in [1.807, 2.05) is 0 Å². The lowest BCUT2D eigenvalue weighted by Gasteiger charge is -2.50. The van der Waals surface area contributed by atoms with Crippen LogP contribution in [0.3, 0.4) is 0 Å². The zero-order valence-electron chi connectivity index (χ0n) is 12.8. The quantitative estimate of drug-likeness (QED) is 0.839. The Balaban J connectivity index is 1.64. The zero-order chi connectivity index (χ0) is 13.2. The van der Waals surface area contributed by atoms with Gasteiger partial charge in [0, 0.05) is 30.7 Å². The molecule has 2 bridgehead atoms. The molecule has 0 amide bonds. The molecule has 3 fully saturated rings. The van der Waals surface area contributed by atoms with Crippen LogP contribution in [0.5, 0.6) is 0 Å². The van der Waals surface area contributed by atoms with Crippen molar-refractivity contribution in [2.45, 2.75) is 76.0 Å². The molecule has 3 heteroatoms. The fraction of sp³-hybridized carbons (Fsp3) is 1.00. The van der Waals surface area contributed by atoms with Crippen molar-refractivity contribution in [2.24, 2.45) is 0 Å². The van der Waals surface area contributed by atoms with E-state index in [1.165, 1.54) is 64.6 Å². The van der Waals surface area contributed by atoms with Crippen LogP contribution in [0.25, 0.3) is 0 Å². The van der Waals surface area contributed by atoms with Crippen molar-refractivity contribution in [1.82, 2.24) is 15.1 Å². The average molecular weight is 265 g/mol. The lowest BCUT2D eigenvalue weighted by Crippen LogP contribution is -2.58. The molecule has 0 saturated carbocycles. The monoisotopic (exact) mass is 265 g/mol. The lowest BCUT2D eigenvalue weighted by atomic mass is 9.81. The number of hydrogen-bond acceptors (Lipinski definition) is 3. The van der Waals surface area contributed by atoms with E-state index >= 15 is 0 Å². The van der Waals surface area contributed by atoms with E-state index in [4.69, 9.17) is 0 Å². The molecule has 3 nitrogen and oxygen atoms in total. The summed E-state index contributed by atoms with van der Waals surface area (Å²) in [6.45, 7) is 6.25. The van der Waals surface area contributed by atoms with Gasteiger partial charge in [0.05, 0.1) is 0 Å². The number of nitrogens with one attached hydrogen (secondary N) is 1. The Morgan fingerprint density at radius 2 is 1.79 bits per heavy atom. The molecule has 3 atom stereocenters. The minimum absolute atomic E-state index is 0.775. The largest absolute Gasteiger partial charge is 0.317 e. The van der Waals surface area contributed by atoms with Crippen molar-refractivity contribution >= 4 is 0 Å². The molecule has 1 N–H and O–H groups in total. The first-order chi connectivity index (χ1) is 9.31. The van der Waals surface area contributed by atoms with Crippen LogP contribution < -0.4 is 5.32 Å². The summed E-state index contributed by atoms with van der Waals surface area (Å²) in [6, 6.07) is 3.35. The fourth-order valence-electron chi connectivity index (χ4n) is 4.77. The Kier molecular flexibility index (Phi) is 4.45. The first-order valence-corrected chi connectivity index (χ1v) is 8.49. The Morgan fingerprint density at radius 3 is 2.42 bits per heavy atom. The smallest absolute Gasteiger partial charge is 0.0223 e. The van der Waals surface area contributed by atoms with Crippen molar-refractivity contribution in [1.29, 1.82) is 0 Å². The molecule has 0 aliphatic carbocycles. The molecule has 3 rings (SSSR count). The van der Waals surface area contributed by atoms with Gasteiger partial charge in [0.25, 0.3) is 0 Å². The van der Waals surface area contributed by atoms with E-state index in [1.54, 1.807) is 0 Å². The molecule has 19 heavy (non-hydrogen) atoms. The Hall–Kier alpha value is -0.120. The topological polar surface area (TPSA) is 18.5 Å². The summed E-state index contributed by atoms with van der Waals surface area (Å²) < 4.78 is 0. The maximum atomic E-state index is 3.53. The first kappa shape index (κ1) is 13.8. The molecule has 3 heterocycles. The molecule has 0 aromatic heterocycles. The normalized spacial score (nSPS) is 40.7. The van der Waals surface area contributed by atoms with Crippen LogP contribution >= 0.6 is 0 Å². The highest BCUT2D eigenvalue weighted by atomic mass is 15.3. The van der Waals surface area contributed by atoms with Crippen LogP contribution in [0.2, 0.25) is 0 Å². The second-order valence-corrected chi connectivity index (χ2v) is 6.82. The molecule has 3 unspecified atom stereocenters. The number of rotatable bonds is 4. The first-order valence-electron chi connectivity index (χ1n) is 8.49. The van der Waals surface area contributed by atoms with Crippen molar-refractivity contribution in [2.75, 3.05) is 26.7 Å². The van der Waals surface area contributed by atoms with E-state index in [0.717, 1.165) is 24.2 Å². The third kappa shape index (κ3) is 2.84. The van der Waals surface area contributed by atoms with Gasteiger partial charge in [0.15, 0.2) is 0 Å². The highest BCUT2D eigenvalue weighted by Crippen LogP contribution is 2.35. The molecule has 110 valence electrons. The number of nitrogens with zero attached hydrogens (tertiary/aromatic N) is 2. The summed E-state index contributed by atoms with van der Waals surface area (Å²) in [5.74, 6) is 0. The number of likely N-dealkylation sites (tertiary alicyclic amines) is 1. The van der Waals surface area contributed by atoms with Crippen LogP contribution in [0, 0.1) is 0 Å². The summed E-state index contributed by atoms with van der Waals surface area (Å²) >= 11 is 0. The van der Waals surface area contributed by atoms with Gasteiger partial charge in [-0.1, -0.05) is 13.3 Å². The van der Waals surface area contributed by atoms with Crippen LogP contribution in [0.1, 0.15) is 51.9 Å². The molecule has 3 aliphatic rings. The van der Waals surface area contributed by atoms with Gasteiger partial charge in [0.1, 0.15) is 0 Å². The van der Waals surface area contributed by atoms with Crippen molar-refractivity contribution in [3.05, 3.63) is 0 Å². The maximum absolute atomic E-state index is 3.53. The van der Waals surface area contributed by atoms with Crippen molar-refractivity contribution < 1.29 is 0 Å². The molecule has 3 aliphatic heterocycles.